The number of carbonyl (C=O) groups excluding carboxylic acids is 1. The Morgan fingerprint density at radius 2 is 1.90 bits per heavy atom. The van der Waals surface area contributed by atoms with Crippen LogP contribution in [0.5, 0.6) is 11.5 Å². The minimum absolute atomic E-state index is 0.0562. The lowest BCUT2D eigenvalue weighted by atomic mass is 10.1. The highest BCUT2D eigenvalue weighted by Gasteiger charge is 2.11. The number of nitrogens with zero attached hydrogens (tertiary/aromatic N) is 1. The minimum Gasteiger partial charge on any atom is -0.493 e. The normalized spacial score (nSPS) is 10.2. The summed E-state index contributed by atoms with van der Waals surface area (Å²) in [6, 6.07) is 17.4. The molecule has 0 spiro atoms. The Kier molecular flexibility index (Phi) is 6.47. The first-order valence-electron chi connectivity index (χ1n) is 9.08. The van der Waals surface area contributed by atoms with E-state index >= 15 is 0 Å². The highest BCUT2D eigenvalue weighted by molar-refractivity contribution is 6.04. The molecule has 0 saturated heterocycles. The number of amides is 1. The van der Waals surface area contributed by atoms with Gasteiger partial charge in [0.1, 0.15) is 6.61 Å². The van der Waals surface area contributed by atoms with Gasteiger partial charge in [0.25, 0.3) is 11.5 Å². The number of anilines is 1. The number of ether oxygens (including phenoxy) is 2. The van der Waals surface area contributed by atoms with Crippen LogP contribution in [0.1, 0.15) is 15.9 Å². The maximum absolute atomic E-state index is 12.6. The third-order valence-corrected chi connectivity index (χ3v) is 4.25. The summed E-state index contributed by atoms with van der Waals surface area (Å²) in [5.74, 6) is 0.762. The molecule has 0 aliphatic rings. The Balaban J connectivity index is 1.68. The maximum Gasteiger partial charge on any atom is 0.255 e. The van der Waals surface area contributed by atoms with Gasteiger partial charge in [-0.1, -0.05) is 30.9 Å². The first-order valence-corrected chi connectivity index (χ1v) is 9.08. The highest BCUT2D eigenvalue weighted by Crippen LogP contribution is 2.28. The Morgan fingerprint density at radius 3 is 2.59 bits per heavy atom. The Morgan fingerprint density at radius 1 is 1.10 bits per heavy atom. The van der Waals surface area contributed by atoms with Crippen molar-refractivity contribution in [3.8, 4) is 11.5 Å². The minimum atomic E-state index is -0.259. The Labute approximate surface area is 169 Å². The van der Waals surface area contributed by atoms with Crippen LogP contribution in [0.4, 0.5) is 5.69 Å². The van der Waals surface area contributed by atoms with E-state index in [-0.39, 0.29) is 11.5 Å². The third kappa shape index (κ3) is 5.13. The van der Waals surface area contributed by atoms with Crippen LogP contribution >= 0.6 is 0 Å². The van der Waals surface area contributed by atoms with Gasteiger partial charge in [-0.2, -0.15) is 0 Å². The van der Waals surface area contributed by atoms with Gasteiger partial charge in [-0.05, 0) is 42.0 Å². The summed E-state index contributed by atoms with van der Waals surface area (Å²) in [7, 11) is 1.52. The zero-order valence-electron chi connectivity index (χ0n) is 16.1. The van der Waals surface area contributed by atoms with Crippen LogP contribution in [0.25, 0.3) is 0 Å². The molecule has 1 aromatic heterocycles. The number of hydrogen-bond acceptors (Lipinski definition) is 4. The number of benzene rings is 2. The lowest BCUT2D eigenvalue weighted by Gasteiger charge is -2.12. The van der Waals surface area contributed by atoms with E-state index in [0.29, 0.717) is 35.9 Å². The fraction of sp³-hybridized carbons (Fsp3) is 0.130. The lowest BCUT2D eigenvalue weighted by molar-refractivity contribution is 0.102. The number of carbonyl (C=O) groups is 1. The molecule has 0 saturated carbocycles. The van der Waals surface area contributed by atoms with Crippen LogP contribution in [0.2, 0.25) is 0 Å². The number of rotatable bonds is 8. The fourth-order valence-electron chi connectivity index (χ4n) is 2.76. The van der Waals surface area contributed by atoms with E-state index in [1.807, 2.05) is 18.2 Å². The van der Waals surface area contributed by atoms with Crippen molar-refractivity contribution in [2.24, 2.45) is 0 Å². The Bertz CT molecular complexity index is 1050. The van der Waals surface area contributed by atoms with Crippen molar-refractivity contribution >= 4 is 11.6 Å². The van der Waals surface area contributed by atoms with Gasteiger partial charge in [0.2, 0.25) is 0 Å². The molecule has 0 fully saturated rings. The average molecular weight is 390 g/mol. The van der Waals surface area contributed by atoms with Gasteiger partial charge in [0.05, 0.1) is 13.7 Å². The molecule has 0 aliphatic carbocycles. The number of nitrogens with one attached hydrogen (secondary N) is 1. The predicted molar refractivity (Wildman–Crippen MR) is 113 cm³/mol. The van der Waals surface area contributed by atoms with E-state index < -0.39 is 0 Å². The molecule has 3 rings (SSSR count). The van der Waals surface area contributed by atoms with E-state index in [1.54, 1.807) is 53.2 Å². The van der Waals surface area contributed by atoms with Crippen LogP contribution in [0.15, 0.2) is 84.3 Å². The van der Waals surface area contributed by atoms with Gasteiger partial charge < -0.3 is 19.4 Å². The second-order valence-electron chi connectivity index (χ2n) is 6.28. The van der Waals surface area contributed by atoms with E-state index in [2.05, 4.69) is 11.9 Å². The molecule has 0 radical (unpaired) electrons. The fourth-order valence-corrected chi connectivity index (χ4v) is 2.76. The number of methoxy groups -OCH3 is 1. The lowest BCUT2D eigenvalue weighted by Crippen LogP contribution is -2.18. The van der Waals surface area contributed by atoms with Gasteiger partial charge in [0.15, 0.2) is 11.5 Å². The molecule has 0 atom stereocenters. The second kappa shape index (κ2) is 9.41. The summed E-state index contributed by atoms with van der Waals surface area (Å²) in [5, 5.41) is 2.85. The maximum atomic E-state index is 12.6. The van der Waals surface area contributed by atoms with Crippen molar-refractivity contribution in [1.29, 1.82) is 0 Å². The SMILES string of the molecule is C=CCOc1ccc(C(=O)Nc2ccc(Cn3ccccc3=O)cc2)cc1OC. The smallest absolute Gasteiger partial charge is 0.255 e. The molecule has 0 bridgehead atoms. The van der Waals surface area contributed by atoms with Crippen molar-refractivity contribution in [2.45, 2.75) is 6.54 Å². The summed E-state index contributed by atoms with van der Waals surface area (Å²) in [6.07, 6.45) is 3.38. The van der Waals surface area contributed by atoms with E-state index in [4.69, 9.17) is 9.47 Å². The average Bonchev–Trinajstić information content (AvgIpc) is 2.75. The third-order valence-electron chi connectivity index (χ3n) is 4.25. The monoisotopic (exact) mass is 390 g/mol. The standard InChI is InChI=1S/C23H22N2O4/c1-3-14-29-20-12-9-18(15-21(20)28-2)23(27)24-19-10-7-17(8-11-19)16-25-13-5-4-6-22(25)26/h3-13,15H,1,14,16H2,2H3,(H,24,27). The van der Waals surface area contributed by atoms with E-state index in [1.165, 1.54) is 13.2 Å². The van der Waals surface area contributed by atoms with Crippen LogP contribution in [0.3, 0.4) is 0 Å². The molecule has 6 heteroatoms. The quantitative estimate of drug-likeness (QED) is 0.595. The summed E-state index contributed by atoms with van der Waals surface area (Å²) >= 11 is 0. The van der Waals surface area contributed by atoms with Gasteiger partial charge in [-0.3, -0.25) is 9.59 Å². The van der Waals surface area contributed by atoms with Crippen LogP contribution in [-0.2, 0) is 6.54 Å². The molecule has 6 nitrogen and oxygen atoms in total. The zero-order chi connectivity index (χ0) is 20.6. The Hall–Kier alpha value is -3.80. The van der Waals surface area contributed by atoms with Crippen LogP contribution < -0.4 is 20.3 Å². The van der Waals surface area contributed by atoms with Gasteiger partial charge in [0, 0.05) is 23.5 Å². The van der Waals surface area contributed by atoms with E-state index in [0.717, 1.165) is 5.56 Å². The number of pyridine rings is 1. The van der Waals surface area contributed by atoms with Crippen molar-refractivity contribution in [2.75, 3.05) is 19.0 Å². The summed E-state index contributed by atoms with van der Waals surface area (Å²) < 4.78 is 12.4. The highest BCUT2D eigenvalue weighted by atomic mass is 16.5. The molecular formula is C23H22N2O4. The molecule has 29 heavy (non-hydrogen) atoms. The molecular weight excluding hydrogens is 368 g/mol. The number of hydrogen-bond donors (Lipinski definition) is 1. The summed E-state index contributed by atoms with van der Waals surface area (Å²) in [4.78, 5) is 24.4. The molecule has 148 valence electrons. The van der Waals surface area contributed by atoms with Crippen LogP contribution in [-0.4, -0.2) is 24.2 Å². The van der Waals surface area contributed by atoms with Crippen molar-refractivity contribution in [1.82, 2.24) is 4.57 Å². The van der Waals surface area contributed by atoms with Gasteiger partial charge >= 0.3 is 0 Å². The largest absolute Gasteiger partial charge is 0.493 e. The first kappa shape index (κ1) is 19.9. The van der Waals surface area contributed by atoms with Gasteiger partial charge in [-0.15, -0.1) is 0 Å². The molecule has 3 aromatic rings. The number of aromatic nitrogens is 1. The topological polar surface area (TPSA) is 69.6 Å². The van der Waals surface area contributed by atoms with Crippen molar-refractivity contribution in [3.63, 3.8) is 0 Å². The molecule has 1 amide bonds. The predicted octanol–water partition coefficient (Wildman–Crippen LogP) is 3.72. The summed E-state index contributed by atoms with van der Waals surface area (Å²) in [5.41, 5.74) is 2.01. The molecule has 1 heterocycles. The van der Waals surface area contributed by atoms with E-state index in [9.17, 15) is 9.59 Å². The molecule has 1 N–H and O–H groups in total. The molecule has 2 aromatic carbocycles. The second-order valence-corrected chi connectivity index (χ2v) is 6.28. The zero-order valence-corrected chi connectivity index (χ0v) is 16.1. The molecule has 0 unspecified atom stereocenters. The summed E-state index contributed by atoms with van der Waals surface area (Å²) in [6.45, 7) is 4.43. The van der Waals surface area contributed by atoms with Crippen molar-refractivity contribution in [3.05, 3.63) is 101 Å². The van der Waals surface area contributed by atoms with Crippen LogP contribution in [0, 0.1) is 0 Å². The molecule has 0 aliphatic heterocycles. The first-order chi connectivity index (χ1) is 14.1. The van der Waals surface area contributed by atoms with Gasteiger partial charge in [-0.25, -0.2) is 0 Å². The van der Waals surface area contributed by atoms with Crippen molar-refractivity contribution < 1.29 is 14.3 Å².